The Balaban J connectivity index is 1.76. The van der Waals surface area contributed by atoms with Crippen LogP contribution in [0.5, 0.6) is 5.88 Å². The smallest absolute Gasteiger partial charge is 0.249 e. The van der Waals surface area contributed by atoms with Crippen molar-refractivity contribution < 1.29 is 13.9 Å². The fourth-order valence-electron chi connectivity index (χ4n) is 2.74. The van der Waals surface area contributed by atoms with E-state index in [0.717, 1.165) is 6.42 Å². The van der Waals surface area contributed by atoms with E-state index in [2.05, 4.69) is 15.3 Å². The van der Waals surface area contributed by atoms with E-state index >= 15 is 0 Å². The number of carbonyl (C=O) groups is 1. The number of aromatic nitrogens is 2. The molecule has 6 nitrogen and oxygen atoms in total. The predicted octanol–water partition coefficient (Wildman–Crippen LogP) is 2.62. The van der Waals surface area contributed by atoms with Crippen LogP contribution in [0.15, 0.2) is 36.7 Å². The number of rotatable bonds is 5. The van der Waals surface area contributed by atoms with Gasteiger partial charge in [-0.15, -0.1) is 0 Å². The summed E-state index contributed by atoms with van der Waals surface area (Å²) in [6.45, 7) is 2.87. The second-order valence-corrected chi connectivity index (χ2v) is 5.45. The van der Waals surface area contributed by atoms with Crippen LogP contribution in [0.2, 0.25) is 0 Å². The van der Waals surface area contributed by atoms with Crippen LogP contribution in [0.1, 0.15) is 19.8 Å². The highest BCUT2D eigenvalue weighted by molar-refractivity contribution is 5.99. The first-order valence-electron chi connectivity index (χ1n) is 7.96. The molecule has 1 aromatic carbocycles. The number of benzene rings is 1. The van der Waals surface area contributed by atoms with Gasteiger partial charge in [-0.2, -0.15) is 0 Å². The normalized spacial score (nSPS) is 17.7. The maximum Gasteiger partial charge on any atom is 0.249 e. The molecule has 1 N–H and O–H groups in total. The standard InChI is InChI=1S/C17H19FN4O2/c1-2-24-16-10-15(19-11-20-16)21-13-7-5-9-22(17(13)23)14-8-4-3-6-12(14)18/h3-4,6,8,10-11,13H,2,5,7,9H2,1H3,(H,19,20,21). The lowest BCUT2D eigenvalue weighted by Gasteiger charge is -2.33. The number of piperidine rings is 1. The zero-order chi connectivity index (χ0) is 16.9. The number of para-hydroxylation sites is 1. The van der Waals surface area contributed by atoms with E-state index < -0.39 is 11.9 Å². The van der Waals surface area contributed by atoms with Crippen molar-refractivity contribution in [2.24, 2.45) is 0 Å². The first-order valence-corrected chi connectivity index (χ1v) is 7.96. The van der Waals surface area contributed by atoms with Gasteiger partial charge in [-0.05, 0) is 31.9 Å². The van der Waals surface area contributed by atoms with Gasteiger partial charge in [0.05, 0.1) is 12.3 Å². The van der Waals surface area contributed by atoms with E-state index in [1.54, 1.807) is 24.3 Å². The number of amides is 1. The van der Waals surface area contributed by atoms with Gasteiger partial charge >= 0.3 is 0 Å². The summed E-state index contributed by atoms with van der Waals surface area (Å²) in [6.07, 6.45) is 2.83. The number of nitrogens with one attached hydrogen (secondary N) is 1. The molecular weight excluding hydrogens is 311 g/mol. The number of hydrogen-bond acceptors (Lipinski definition) is 5. The Kier molecular flexibility index (Phi) is 4.88. The average molecular weight is 330 g/mol. The van der Waals surface area contributed by atoms with Crippen LogP contribution in [-0.2, 0) is 4.79 Å². The van der Waals surface area contributed by atoms with E-state index in [1.165, 1.54) is 17.3 Å². The Bertz CT molecular complexity index is 725. The monoisotopic (exact) mass is 330 g/mol. The lowest BCUT2D eigenvalue weighted by molar-refractivity contribution is -0.120. The van der Waals surface area contributed by atoms with Crippen LogP contribution in [0.4, 0.5) is 15.9 Å². The van der Waals surface area contributed by atoms with Crippen LogP contribution < -0.4 is 15.0 Å². The van der Waals surface area contributed by atoms with Crippen LogP contribution >= 0.6 is 0 Å². The summed E-state index contributed by atoms with van der Waals surface area (Å²) in [6, 6.07) is 7.51. The summed E-state index contributed by atoms with van der Waals surface area (Å²) >= 11 is 0. The van der Waals surface area contributed by atoms with Crippen LogP contribution in [0.3, 0.4) is 0 Å². The zero-order valence-electron chi connectivity index (χ0n) is 13.4. The highest BCUT2D eigenvalue weighted by atomic mass is 19.1. The van der Waals surface area contributed by atoms with Crippen molar-refractivity contribution in [3.8, 4) is 5.88 Å². The molecule has 0 aliphatic carbocycles. The summed E-state index contributed by atoms with van der Waals surface area (Å²) in [5, 5.41) is 3.10. The Hall–Kier alpha value is -2.70. The fourth-order valence-corrected chi connectivity index (χ4v) is 2.74. The molecule has 0 radical (unpaired) electrons. The molecule has 24 heavy (non-hydrogen) atoms. The van der Waals surface area contributed by atoms with Crippen molar-refractivity contribution in [1.29, 1.82) is 0 Å². The van der Waals surface area contributed by atoms with Crippen LogP contribution in [-0.4, -0.2) is 35.1 Å². The molecule has 0 saturated carbocycles. The topological polar surface area (TPSA) is 67.3 Å². The molecular formula is C17H19FN4O2. The molecule has 0 spiro atoms. The quantitative estimate of drug-likeness (QED) is 0.913. The molecule has 1 aliphatic heterocycles. The fraction of sp³-hybridized carbons (Fsp3) is 0.353. The van der Waals surface area contributed by atoms with Crippen molar-refractivity contribution in [2.75, 3.05) is 23.4 Å². The molecule has 1 amide bonds. The van der Waals surface area contributed by atoms with Crippen molar-refractivity contribution in [3.63, 3.8) is 0 Å². The minimum Gasteiger partial charge on any atom is -0.478 e. The predicted molar refractivity (Wildman–Crippen MR) is 88.6 cm³/mol. The highest BCUT2D eigenvalue weighted by Gasteiger charge is 2.31. The van der Waals surface area contributed by atoms with Crippen molar-refractivity contribution >= 4 is 17.4 Å². The molecule has 126 valence electrons. The van der Waals surface area contributed by atoms with Gasteiger partial charge in [-0.25, -0.2) is 14.4 Å². The van der Waals surface area contributed by atoms with Gasteiger partial charge in [0, 0.05) is 12.6 Å². The van der Waals surface area contributed by atoms with Gasteiger partial charge < -0.3 is 15.0 Å². The number of hydrogen-bond donors (Lipinski definition) is 1. The Morgan fingerprint density at radius 1 is 1.38 bits per heavy atom. The third-order valence-electron chi connectivity index (χ3n) is 3.84. The zero-order valence-corrected chi connectivity index (χ0v) is 13.4. The van der Waals surface area contributed by atoms with Gasteiger partial charge in [0.1, 0.15) is 24.0 Å². The minimum absolute atomic E-state index is 0.164. The maximum absolute atomic E-state index is 14.0. The number of anilines is 2. The Labute approximate surface area is 139 Å². The molecule has 3 rings (SSSR count). The van der Waals surface area contributed by atoms with Gasteiger partial charge in [0.15, 0.2) is 0 Å². The maximum atomic E-state index is 14.0. The summed E-state index contributed by atoms with van der Waals surface area (Å²) < 4.78 is 19.3. The lowest BCUT2D eigenvalue weighted by Crippen LogP contribution is -2.48. The number of carbonyl (C=O) groups excluding carboxylic acids is 1. The average Bonchev–Trinajstić information content (AvgIpc) is 2.58. The molecule has 1 aromatic heterocycles. The van der Waals surface area contributed by atoms with E-state index in [9.17, 15) is 9.18 Å². The van der Waals surface area contributed by atoms with Gasteiger partial charge in [-0.3, -0.25) is 4.79 Å². The first-order chi connectivity index (χ1) is 11.7. The third-order valence-corrected chi connectivity index (χ3v) is 3.84. The molecule has 0 bridgehead atoms. The largest absolute Gasteiger partial charge is 0.478 e. The minimum atomic E-state index is -0.456. The van der Waals surface area contributed by atoms with E-state index in [4.69, 9.17) is 4.74 Å². The summed E-state index contributed by atoms with van der Waals surface area (Å²) in [5.41, 5.74) is 0.312. The number of ether oxygens (including phenoxy) is 1. The van der Waals surface area contributed by atoms with Gasteiger partial charge in [0.25, 0.3) is 0 Å². The molecule has 1 unspecified atom stereocenters. The summed E-state index contributed by atoms with van der Waals surface area (Å²) in [5.74, 6) is 0.404. The second-order valence-electron chi connectivity index (χ2n) is 5.45. The SMILES string of the molecule is CCOc1cc(NC2CCCN(c3ccccc3F)C2=O)ncn1. The Morgan fingerprint density at radius 3 is 3.00 bits per heavy atom. The van der Waals surface area contributed by atoms with Crippen molar-refractivity contribution in [1.82, 2.24) is 9.97 Å². The molecule has 1 fully saturated rings. The van der Waals surface area contributed by atoms with Crippen LogP contribution in [0.25, 0.3) is 0 Å². The molecule has 2 aromatic rings. The molecule has 1 atom stereocenters. The van der Waals surface area contributed by atoms with E-state index in [1.807, 2.05) is 6.92 Å². The van der Waals surface area contributed by atoms with Gasteiger partial charge in [0.2, 0.25) is 11.8 Å². The number of halogens is 1. The van der Waals surface area contributed by atoms with E-state index in [-0.39, 0.29) is 5.91 Å². The first kappa shape index (κ1) is 16.2. The third kappa shape index (κ3) is 3.45. The molecule has 2 heterocycles. The van der Waals surface area contributed by atoms with E-state index in [0.29, 0.717) is 37.0 Å². The van der Waals surface area contributed by atoms with Crippen LogP contribution in [0, 0.1) is 5.82 Å². The molecule has 1 aliphatic rings. The Morgan fingerprint density at radius 2 is 2.21 bits per heavy atom. The summed E-state index contributed by atoms with van der Waals surface area (Å²) in [7, 11) is 0. The van der Waals surface area contributed by atoms with Gasteiger partial charge in [-0.1, -0.05) is 12.1 Å². The van der Waals surface area contributed by atoms with Crippen molar-refractivity contribution in [3.05, 3.63) is 42.5 Å². The van der Waals surface area contributed by atoms with Crippen molar-refractivity contribution in [2.45, 2.75) is 25.8 Å². The highest BCUT2D eigenvalue weighted by Crippen LogP contribution is 2.25. The molecule has 1 saturated heterocycles. The molecule has 7 heteroatoms. The lowest BCUT2D eigenvalue weighted by atomic mass is 10.0. The second kappa shape index (κ2) is 7.25. The number of nitrogens with zero attached hydrogens (tertiary/aromatic N) is 3. The summed E-state index contributed by atoms with van der Waals surface area (Å²) in [4.78, 5) is 22.3.